The van der Waals surface area contributed by atoms with Crippen LogP contribution in [0.3, 0.4) is 0 Å². The molecule has 1 unspecified atom stereocenters. The lowest BCUT2D eigenvalue weighted by Crippen LogP contribution is -2.33. The molecule has 0 bridgehead atoms. The van der Waals surface area contributed by atoms with Gasteiger partial charge < -0.3 is 9.73 Å². The van der Waals surface area contributed by atoms with Crippen LogP contribution in [0.5, 0.6) is 0 Å². The fraction of sp³-hybridized carbons (Fsp3) is 0.692. The molecule has 1 aromatic rings. The Balaban J connectivity index is 2.13. The van der Waals surface area contributed by atoms with E-state index in [2.05, 4.69) is 5.32 Å². The summed E-state index contributed by atoms with van der Waals surface area (Å²) < 4.78 is 31.8. The van der Waals surface area contributed by atoms with Gasteiger partial charge in [0.25, 0.3) is 10.0 Å². The summed E-state index contributed by atoms with van der Waals surface area (Å²) in [6.45, 7) is 7.14. The number of rotatable bonds is 5. The quantitative estimate of drug-likeness (QED) is 0.898. The van der Waals surface area contributed by atoms with Crippen molar-refractivity contribution in [3.05, 3.63) is 17.9 Å². The van der Waals surface area contributed by atoms with Gasteiger partial charge in [-0.15, -0.1) is 0 Å². The van der Waals surface area contributed by atoms with Crippen molar-refractivity contribution >= 4 is 10.0 Å². The van der Waals surface area contributed by atoms with Crippen LogP contribution in [0.15, 0.2) is 21.6 Å². The second-order valence-corrected chi connectivity index (χ2v) is 7.18. The van der Waals surface area contributed by atoms with Gasteiger partial charge in [0.2, 0.25) is 5.09 Å². The van der Waals surface area contributed by atoms with Crippen LogP contribution in [-0.4, -0.2) is 31.4 Å². The molecule has 2 rings (SSSR count). The monoisotopic (exact) mass is 286 g/mol. The van der Waals surface area contributed by atoms with Crippen molar-refractivity contribution in [2.24, 2.45) is 0 Å². The molecule has 5 nitrogen and oxygen atoms in total. The molecule has 0 saturated carbocycles. The molecule has 1 aromatic heterocycles. The van der Waals surface area contributed by atoms with Crippen LogP contribution in [-0.2, 0) is 16.6 Å². The minimum atomic E-state index is -3.47. The Morgan fingerprint density at radius 3 is 2.79 bits per heavy atom. The van der Waals surface area contributed by atoms with Gasteiger partial charge in [-0.2, -0.15) is 4.31 Å². The Hall–Kier alpha value is -0.850. The van der Waals surface area contributed by atoms with E-state index in [0.29, 0.717) is 24.9 Å². The van der Waals surface area contributed by atoms with Crippen LogP contribution in [0, 0.1) is 0 Å². The highest BCUT2D eigenvalue weighted by atomic mass is 32.2. The second kappa shape index (κ2) is 5.64. The molecule has 19 heavy (non-hydrogen) atoms. The number of sulfonamides is 1. The molecule has 1 aliphatic heterocycles. The van der Waals surface area contributed by atoms with E-state index < -0.39 is 10.0 Å². The van der Waals surface area contributed by atoms with Gasteiger partial charge in [0, 0.05) is 18.6 Å². The third-order valence-corrected chi connectivity index (χ3v) is 5.26. The van der Waals surface area contributed by atoms with Crippen molar-refractivity contribution < 1.29 is 12.8 Å². The highest BCUT2D eigenvalue weighted by Crippen LogP contribution is 2.26. The highest BCUT2D eigenvalue weighted by molar-refractivity contribution is 7.89. The normalized spacial score (nSPS) is 21.4. The largest absolute Gasteiger partial charge is 0.447 e. The Kier molecular flexibility index (Phi) is 4.32. The fourth-order valence-corrected chi connectivity index (χ4v) is 3.91. The maximum atomic E-state index is 12.4. The SMILES string of the molecule is CC(C)NCc1ccc(S(=O)(=O)N2CCCC2C)o1. The lowest BCUT2D eigenvalue weighted by Gasteiger charge is -2.19. The molecule has 0 radical (unpaired) electrons. The second-order valence-electron chi connectivity index (χ2n) is 5.36. The Bertz CT molecular complexity index is 522. The van der Waals surface area contributed by atoms with E-state index in [9.17, 15) is 8.42 Å². The van der Waals surface area contributed by atoms with Gasteiger partial charge in [-0.3, -0.25) is 0 Å². The van der Waals surface area contributed by atoms with Crippen molar-refractivity contribution in [1.82, 2.24) is 9.62 Å². The average molecular weight is 286 g/mol. The van der Waals surface area contributed by atoms with Crippen molar-refractivity contribution in [3.63, 3.8) is 0 Å². The molecule has 0 aromatic carbocycles. The summed E-state index contributed by atoms with van der Waals surface area (Å²) in [6.07, 6.45) is 1.84. The van der Waals surface area contributed by atoms with Crippen molar-refractivity contribution in [2.75, 3.05) is 6.54 Å². The molecule has 108 valence electrons. The third kappa shape index (κ3) is 3.19. The smallest absolute Gasteiger partial charge is 0.276 e. The average Bonchev–Trinajstić information content (AvgIpc) is 2.95. The Morgan fingerprint density at radius 2 is 2.21 bits per heavy atom. The molecule has 1 atom stereocenters. The van der Waals surface area contributed by atoms with Crippen LogP contribution in [0.25, 0.3) is 0 Å². The van der Waals surface area contributed by atoms with E-state index in [0.717, 1.165) is 12.8 Å². The van der Waals surface area contributed by atoms with Crippen molar-refractivity contribution in [2.45, 2.75) is 57.3 Å². The predicted octanol–water partition coefficient (Wildman–Crippen LogP) is 1.95. The van der Waals surface area contributed by atoms with Crippen LogP contribution >= 0.6 is 0 Å². The first-order valence-electron chi connectivity index (χ1n) is 6.75. The van der Waals surface area contributed by atoms with Gasteiger partial charge in [-0.25, -0.2) is 8.42 Å². The number of hydrogen-bond acceptors (Lipinski definition) is 4. The first-order chi connectivity index (χ1) is 8.91. The van der Waals surface area contributed by atoms with Crippen molar-refractivity contribution in [1.29, 1.82) is 0 Å². The van der Waals surface area contributed by atoms with Crippen LogP contribution in [0.2, 0.25) is 0 Å². The maximum Gasteiger partial charge on any atom is 0.276 e. The fourth-order valence-electron chi connectivity index (χ4n) is 2.28. The first-order valence-corrected chi connectivity index (χ1v) is 8.19. The molecule has 1 saturated heterocycles. The topological polar surface area (TPSA) is 62.6 Å². The third-order valence-electron chi connectivity index (χ3n) is 3.38. The Labute approximate surface area is 115 Å². The van der Waals surface area contributed by atoms with Gasteiger partial charge in [0.1, 0.15) is 5.76 Å². The molecule has 0 aliphatic carbocycles. The standard InChI is InChI=1S/C13H22N2O3S/c1-10(2)14-9-12-6-7-13(18-12)19(16,17)15-8-4-5-11(15)3/h6-7,10-11,14H,4-5,8-9H2,1-3H3. The number of nitrogens with zero attached hydrogens (tertiary/aromatic N) is 1. The zero-order chi connectivity index (χ0) is 14.0. The summed E-state index contributed by atoms with van der Waals surface area (Å²) in [5.74, 6) is 0.652. The van der Waals surface area contributed by atoms with Gasteiger partial charge in [-0.05, 0) is 31.9 Å². The van der Waals surface area contributed by atoms with Gasteiger partial charge >= 0.3 is 0 Å². The minimum absolute atomic E-state index is 0.0572. The van der Waals surface area contributed by atoms with E-state index in [4.69, 9.17) is 4.42 Å². The first kappa shape index (κ1) is 14.6. The minimum Gasteiger partial charge on any atom is -0.447 e. The van der Waals surface area contributed by atoms with Gasteiger partial charge in [-0.1, -0.05) is 13.8 Å². The summed E-state index contributed by atoms with van der Waals surface area (Å²) in [5.41, 5.74) is 0. The van der Waals surface area contributed by atoms with Crippen molar-refractivity contribution in [3.8, 4) is 0 Å². The molecular formula is C13H22N2O3S. The molecule has 1 aliphatic rings. The zero-order valence-electron chi connectivity index (χ0n) is 11.7. The molecular weight excluding hydrogens is 264 g/mol. The lowest BCUT2D eigenvalue weighted by atomic mass is 10.3. The summed E-state index contributed by atoms with van der Waals surface area (Å²) >= 11 is 0. The summed E-state index contributed by atoms with van der Waals surface area (Å²) in [6, 6.07) is 3.68. The molecule has 1 fully saturated rings. The van der Waals surface area contributed by atoms with Gasteiger partial charge in [0.15, 0.2) is 0 Å². The summed E-state index contributed by atoms with van der Waals surface area (Å²) in [5, 5.41) is 3.26. The van der Waals surface area contributed by atoms with Crippen LogP contribution < -0.4 is 5.32 Å². The molecule has 1 N–H and O–H groups in total. The van der Waals surface area contributed by atoms with Crippen LogP contribution in [0.4, 0.5) is 0 Å². The number of nitrogens with one attached hydrogen (secondary N) is 1. The maximum absolute atomic E-state index is 12.4. The molecule has 0 amide bonds. The van der Waals surface area contributed by atoms with E-state index in [-0.39, 0.29) is 11.1 Å². The number of hydrogen-bond donors (Lipinski definition) is 1. The van der Waals surface area contributed by atoms with E-state index in [1.165, 1.54) is 4.31 Å². The molecule has 2 heterocycles. The predicted molar refractivity (Wildman–Crippen MR) is 73.3 cm³/mol. The van der Waals surface area contributed by atoms with E-state index in [1.807, 2.05) is 20.8 Å². The highest BCUT2D eigenvalue weighted by Gasteiger charge is 2.34. The summed E-state index contributed by atoms with van der Waals surface area (Å²) in [7, 11) is -3.47. The number of furan rings is 1. The summed E-state index contributed by atoms with van der Waals surface area (Å²) in [4.78, 5) is 0. The molecule has 0 spiro atoms. The lowest BCUT2D eigenvalue weighted by molar-refractivity contribution is 0.358. The van der Waals surface area contributed by atoms with Gasteiger partial charge in [0.05, 0.1) is 6.54 Å². The van der Waals surface area contributed by atoms with E-state index in [1.54, 1.807) is 12.1 Å². The zero-order valence-corrected chi connectivity index (χ0v) is 12.5. The Morgan fingerprint density at radius 1 is 1.47 bits per heavy atom. The molecule has 6 heteroatoms. The van der Waals surface area contributed by atoms with E-state index >= 15 is 0 Å². The van der Waals surface area contributed by atoms with Crippen LogP contribution in [0.1, 0.15) is 39.4 Å².